The molecule has 2 heterocycles. The van der Waals surface area contributed by atoms with Crippen LogP contribution in [0.25, 0.3) is 11.5 Å². The predicted molar refractivity (Wildman–Crippen MR) is 98.0 cm³/mol. The van der Waals surface area contributed by atoms with Crippen molar-refractivity contribution in [3.05, 3.63) is 65.8 Å². The smallest absolute Gasteiger partial charge is 0.258 e. The minimum Gasteiger partial charge on any atom is -0.423 e. The maximum absolute atomic E-state index is 14.7. The molecule has 2 aliphatic rings. The summed E-state index contributed by atoms with van der Waals surface area (Å²) < 4.78 is 19.9. The van der Waals surface area contributed by atoms with Gasteiger partial charge in [-0.15, -0.1) is 10.2 Å². The second kappa shape index (κ2) is 6.01. The molecule has 1 aliphatic carbocycles. The van der Waals surface area contributed by atoms with Gasteiger partial charge >= 0.3 is 0 Å². The van der Waals surface area contributed by atoms with Crippen LogP contribution in [0.2, 0.25) is 0 Å². The minimum atomic E-state index is -0.250. The predicted octanol–water partition coefficient (Wildman–Crippen LogP) is 4.35. The van der Waals surface area contributed by atoms with Gasteiger partial charge in [-0.1, -0.05) is 25.0 Å². The normalized spacial score (nSPS) is 17.4. The first-order valence-electron chi connectivity index (χ1n) is 9.15. The average Bonchev–Trinajstić information content (AvgIpc) is 3.43. The van der Waals surface area contributed by atoms with E-state index in [-0.39, 0.29) is 17.1 Å². The Kier molecular flexibility index (Phi) is 3.60. The number of rotatable bonds is 2. The van der Waals surface area contributed by atoms with Gasteiger partial charge in [-0.2, -0.15) is 0 Å². The lowest BCUT2D eigenvalue weighted by molar-refractivity contribution is 0.0985. The summed E-state index contributed by atoms with van der Waals surface area (Å²) in [6, 6.07) is 12.2. The number of nitrogens with zero attached hydrogens (tertiary/aromatic N) is 3. The van der Waals surface area contributed by atoms with E-state index in [2.05, 4.69) is 10.2 Å². The number of amides is 1. The van der Waals surface area contributed by atoms with Crippen molar-refractivity contribution in [2.24, 2.45) is 0 Å². The minimum absolute atomic E-state index is 0.132. The Morgan fingerprint density at radius 2 is 1.96 bits per heavy atom. The second-order valence-electron chi connectivity index (χ2n) is 7.34. The molecule has 0 N–H and O–H groups in total. The fraction of sp³-hybridized carbons (Fsp3) is 0.286. The van der Waals surface area contributed by atoms with E-state index >= 15 is 0 Å². The number of carbonyl (C=O) groups is 1. The molecule has 0 unspecified atom stereocenters. The van der Waals surface area contributed by atoms with Crippen LogP contribution >= 0.6 is 0 Å². The maximum Gasteiger partial charge on any atom is 0.258 e. The summed E-state index contributed by atoms with van der Waals surface area (Å²) in [6.45, 7) is 0.535. The average molecular weight is 363 g/mol. The van der Waals surface area contributed by atoms with Crippen LogP contribution in [0, 0.1) is 5.82 Å². The topological polar surface area (TPSA) is 59.2 Å². The summed E-state index contributed by atoms with van der Waals surface area (Å²) in [7, 11) is 0. The molecule has 27 heavy (non-hydrogen) atoms. The molecule has 0 bridgehead atoms. The van der Waals surface area contributed by atoms with Crippen molar-refractivity contribution in [3.8, 4) is 11.5 Å². The van der Waals surface area contributed by atoms with Crippen LogP contribution in [0.3, 0.4) is 0 Å². The maximum atomic E-state index is 14.7. The zero-order valence-electron chi connectivity index (χ0n) is 14.7. The molecule has 0 radical (unpaired) electrons. The van der Waals surface area contributed by atoms with Crippen molar-refractivity contribution in [3.63, 3.8) is 0 Å². The Morgan fingerprint density at radius 1 is 1.15 bits per heavy atom. The summed E-state index contributed by atoms with van der Waals surface area (Å²) >= 11 is 0. The van der Waals surface area contributed by atoms with Crippen molar-refractivity contribution in [1.82, 2.24) is 10.2 Å². The molecule has 1 aromatic heterocycles. The Hall–Kier alpha value is -3.02. The largest absolute Gasteiger partial charge is 0.423 e. The van der Waals surface area contributed by atoms with Gasteiger partial charge in [0.05, 0.1) is 5.69 Å². The van der Waals surface area contributed by atoms with E-state index in [1.54, 1.807) is 29.2 Å². The van der Waals surface area contributed by atoms with Crippen LogP contribution in [0.5, 0.6) is 0 Å². The Labute approximate surface area is 155 Å². The van der Waals surface area contributed by atoms with Crippen LogP contribution in [0.1, 0.15) is 41.6 Å². The SMILES string of the molecule is O=C(c1cccc(-c2nnco2)c1)N1CC2(CCCC2)c2c(F)cccc21. The number of hydrogen-bond acceptors (Lipinski definition) is 4. The number of carbonyl (C=O) groups excluding carboxylic acids is 1. The van der Waals surface area contributed by atoms with Gasteiger partial charge in [-0.3, -0.25) is 4.79 Å². The Bertz CT molecular complexity index is 1010. The lowest BCUT2D eigenvalue weighted by Crippen LogP contribution is -2.35. The summed E-state index contributed by atoms with van der Waals surface area (Å²) in [4.78, 5) is 15.1. The molecule has 6 heteroatoms. The van der Waals surface area contributed by atoms with Gasteiger partial charge in [0.15, 0.2) is 0 Å². The lowest BCUT2D eigenvalue weighted by atomic mass is 9.80. The van der Waals surface area contributed by atoms with Crippen LogP contribution in [-0.2, 0) is 5.41 Å². The van der Waals surface area contributed by atoms with Crippen LogP contribution in [0.15, 0.2) is 53.3 Å². The van der Waals surface area contributed by atoms with Gasteiger partial charge in [-0.05, 0) is 43.2 Å². The van der Waals surface area contributed by atoms with E-state index in [1.165, 1.54) is 12.5 Å². The molecule has 0 saturated heterocycles. The van der Waals surface area contributed by atoms with Gasteiger partial charge in [-0.25, -0.2) is 4.39 Å². The highest BCUT2D eigenvalue weighted by Crippen LogP contribution is 2.51. The van der Waals surface area contributed by atoms with E-state index in [0.717, 1.165) is 25.7 Å². The van der Waals surface area contributed by atoms with Gasteiger partial charge in [0.2, 0.25) is 12.3 Å². The number of halogens is 1. The molecule has 3 aromatic rings. The summed E-state index contributed by atoms with van der Waals surface area (Å²) in [5.41, 5.74) is 2.37. The van der Waals surface area contributed by atoms with E-state index in [1.807, 2.05) is 12.1 Å². The quantitative estimate of drug-likeness (QED) is 0.679. The molecular weight excluding hydrogens is 345 g/mol. The Balaban J connectivity index is 1.55. The third-order valence-corrected chi connectivity index (χ3v) is 5.80. The monoisotopic (exact) mass is 363 g/mol. The molecule has 1 fully saturated rings. The molecule has 0 atom stereocenters. The van der Waals surface area contributed by atoms with E-state index in [4.69, 9.17) is 4.42 Å². The zero-order valence-corrected chi connectivity index (χ0v) is 14.7. The molecule has 5 nitrogen and oxygen atoms in total. The van der Waals surface area contributed by atoms with Gasteiger partial charge in [0.1, 0.15) is 5.82 Å². The highest BCUT2D eigenvalue weighted by molar-refractivity contribution is 6.08. The van der Waals surface area contributed by atoms with Crippen LogP contribution in [-0.4, -0.2) is 22.6 Å². The van der Waals surface area contributed by atoms with Gasteiger partial charge < -0.3 is 9.32 Å². The molecule has 1 aliphatic heterocycles. The zero-order chi connectivity index (χ0) is 18.4. The number of fused-ring (bicyclic) bond motifs is 2. The summed E-state index contributed by atoms with van der Waals surface area (Å²) in [5, 5.41) is 7.58. The van der Waals surface area contributed by atoms with E-state index in [0.29, 0.717) is 34.8 Å². The second-order valence-corrected chi connectivity index (χ2v) is 7.34. The number of aromatic nitrogens is 2. The third-order valence-electron chi connectivity index (χ3n) is 5.80. The lowest BCUT2D eigenvalue weighted by Gasteiger charge is -2.25. The fourth-order valence-electron chi connectivity index (χ4n) is 4.61. The molecule has 2 aromatic carbocycles. The van der Waals surface area contributed by atoms with E-state index < -0.39 is 0 Å². The molecule has 1 spiro atoms. The first-order valence-corrected chi connectivity index (χ1v) is 9.15. The van der Waals surface area contributed by atoms with Crippen molar-refractivity contribution in [2.45, 2.75) is 31.1 Å². The fourth-order valence-corrected chi connectivity index (χ4v) is 4.61. The third kappa shape index (κ3) is 2.47. The summed E-state index contributed by atoms with van der Waals surface area (Å²) in [5.74, 6) is 0.0288. The highest BCUT2D eigenvalue weighted by atomic mass is 19.1. The van der Waals surface area contributed by atoms with Gasteiger partial charge in [0, 0.05) is 28.7 Å². The molecule has 5 rings (SSSR count). The Morgan fingerprint density at radius 3 is 2.74 bits per heavy atom. The van der Waals surface area contributed by atoms with Crippen LogP contribution < -0.4 is 4.90 Å². The summed E-state index contributed by atoms with van der Waals surface area (Å²) in [6.07, 6.45) is 5.25. The van der Waals surface area contributed by atoms with Crippen molar-refractivity contribution >= 4 is 11.6 Å². The van der Waals surface area contributed by atoms with Gasteiger partial charge in [0.25, 0.3) is 5.91 Å². The highest BCUT2D eigenvalue weighted by Gasteiger charge is 2.48. The first-order chi connectivity index (χ1) is 13.2. The van der Waals surface area contributed by atoms with Crippen LogP contribution in [0.4, 0.5) is 10.1 Å². The molecule has 136 valence electrons. The first kappa shape index (κ1) is 16.2. The number of hydrogen-bond donors (Lipinski definition) is 0. The standard InChI is InChI=1S/C21H18FN3O2/c22-16-7-4-8-17-18(16)21(9-1-2-10-21)12-25(17)20(26)15-6-3-5-14(11-15)19-24-23-13-27-19/h3-8,11,13H,1-2,9-10,12H2. The van der Waals surface area contributed by atoms with E-state index in [9.17, 15) is 9.18 Å². The number of anilines is 1. The van der Waals surface area contributed by atoms with Crippen molar-refractivity contribution in [1.29, 1.82) is 0 Å². The van der Waals surface area contributed by atoms with Crippen molar-refractivity contribution < 1.29 is 13.6 Å². The molecular formula is C21H18FN3O2. The molecule has 1 amide bonds. The van der Waals surface area contributed by atoms with Crippen molar-refractivity contribution in [2.75, 3.05) is 11.4 Å². The molecule has 1 saturated carbocycles. The number of benzene rings is 2.